The van der Waals surface area contributed by atoms with E-state index in [-0.39, 0.29) is 5.41 Å². The van der Waals surface area contributed by atoms with E-state index in [2.05, 4.69) is 106 Å². The Morgan fingerprint density at radius 2 is 1.81 bits per heavy atom. The zero-order valence-electron chi connectivity index (χ0n) is 15.9. The summed E-state index contributed by atoms with van der Waals surface area (Å²) in [6, 6.07) is 17.0. The van der Waals surface area contributed by atoms with Crippen molar-refractivity contribution in [3.05, 3.63) is 70.8 Å². The Labute approximate surface area is 190 Å². The van der Waals surface area contributed by atoms with Crippen molar-refractivity contribution in [2.75, 3.05) is 13.1 Å². The molecule has 0 radical (unpaired) electrons. The van der Waals surface area contributed by atoms with Gasteiger partial charge in [-0.25, -0.2) is 0 Å². The van der Waals surface area contributed by atoms with Crippen LogP contribution >= 0.6 is 45.2 Å². The highest BCUT2D eigenvalue weighted by molar-refractivity contribution is 14.1. The van der Waals surface area contributed by atoms with Gasteiger partial charge in [0, 0.05) is 32.9 Å². The van der Waals surface area contributed by atoms with E-state index < -0.39 is 0 Å². The van der Waals surface area contributed by atoms with Crippen molar-refractivity contribution in [1.82, 2.24) is 4.90 Å². The molecule has 1 aliphatic heterocycles. The molecule has 0 saturated carbocycles. The number of halogens is 2. The normalized spacial score (nSPS) is 20.1. The number of carbonyl (C=O) groups excluding carboxylic acids is 1. The van der Waals surface area contributed by atoms with Gasteiger partial charge < -0.3 is 0 Å². The number of rotatable bonds is 8. The second kappa shape index (κ2) is 9.83. The Morgan fingerprint density at radius 3 is 2.48 bits per heavy atom. The third-order valence-corrected chi connectivity index (χ3v) is 7.29. The zero-order valence-corrected chi connectivity index (χ0v) is 20.2. The lowest BCUT2D eigenvalue weighted by molar-refractivity contribution is 0.0780. The van der Waals surface area contributed by atoms with Gasteiger partial charge in [-0.1, -0.05) is 101 Å². The Bertz CT molecular complexity index is 777. The molecule has 27 heavy (non-hydrogen) atoms. The topological polar surface area (TPSA) is 20.3 Å². The largest absolute Gasteiger partial charge is 0.298 e. The molecule has 3 rings (SSSR count). The summed E-state index contributed by atoms with van der Waals surface area (Å²) in [5, 5.41) is 0. The minimum absolute atomic E-state index is 0.224. The van der Waals surface area contributed by atoms with Crippen molar-refractivity contribution in [1.29, 1.82) is 0 Å². The predicted molar refractivity (Wildman–Crippen MR) is 130 cm³/mol. The molecule has 2 aromatic rings. The number of alkyl halides is 2. The monoisotopic (exact) mass is 587 g/mol. The summed E-state index contributed by atoms with van der Waals surface area (Å²) in [5.74, 6) is 0.353. The van der Waals surface area contributed by atoms with Crippen LogP contribution in [-0.2, 0) is 15.4 Å². The molecule has 0 N–H and O–H groups in total. The average molecular weight is 587 g/mol. The van der Waals surface area contributed by atoms with Crippen LogP contribution in [0.1, 0.15) is 53.2 Å². The maximum atomic E-state index is 13.6. The Kier molecular flexibility index (Phi) is 7.74. The van der Waals surface area contributed by atoms with E-state index in [1.165, 1.54) is 16.7 Å². The molecule has 1 saturated heterocycles. The molecule has 144 valence electrons. The smallest absolute Gasteiger partial charge is 0.170 e. The van der Waals surface area contributed by atoms with E-state index in [0.29, 0.717) is 5.78 Å². The zero-order chi connectivity index (χ0) is 19.3. The predicted octanol–water partition coefficient (Wildman–Crippen LogP) is 6.43. The van der Waals surface area contributed by atoms with Crippen LogP contribution in [0, 0.1) is 5.41 Å². The lowest BCUT2D eigenvalue weighted by atomic mass is 9.75. The van der Waals surface area contributed by atoms with Crippen LogP contribution in [0.25, 0.3) is 0 Å². The van der Waals surface area contributed by atoms with Gasteiger partial charge in [0.05, 0.1) is 0 Å². The maximum absolute atomic E-state index is 13.6. The molecule has 0 bridgehead atoms. The first-order chi connectivity index (χ1) is 13.1. The Hall–Kier alpha value is -0.470. The quantitative estimate of drug-likeness (QED) is 0.202. The number of ketones is 1. The lowest BCUT2D eigenvalue weighted by Gasteiger charge is -2.28. The molecular formula is C23H27I2NO. The van der Waals surface area contributed by atoms with Crippen molar-refractivity contribution in [3.8, 4) is 0 Å². The van der Waals surface area contributed by atoms with Crippen LogP contribution in [0.3, 0.4) is 0 Å². The van der Waals surface area contributed by atoms with E-state index in [4.69, 9.17) is 0 Å². The summed E-state index contributed by atoms with van der Waals surface area (Å²) in [6.45, 7) is 5.02. The SMILES string of the molecule is CCC[C@]1(C(=O)c2ccc(CI)c(CI)c2)CCN(Cc2ccccc2)C1. The molecule has 0 unspecified atom stereocenters. The minimum Gasteiger partial charge on any atom is -0.298 e. The van der Waals surface area contributed by atoms with E-state index in [9.17, 15) is 4.79 Å². The summed E-state index contributed by atoms with van der Waals surface area (Å²) in [6.07, 6.45) is 3.00. The Balaban J connectivity index is 1.81. The number of hydrogen-bond acceptors (Lipinski definition) is 2. The van der Waals surface area contributed by atoms with Crippen LogP contribution in [-0.4, -0.2) is 23.8 Å². The second-order valence-corrected chi connectivity index (χ2v) is 9.08. The van der Waals surface area contributed by atoms with Gasteiger partial charge in [-0.3, -0.25) is 9.69 Å². The van der Waals surface area contributed by atoms with E-state index in [1.807, 2.05) is 0 Å². The highest BCUT2D eigenvalue weighted by Gasteiger charge is 2.43. The van der Waals surface area contributed by atoms with Gasteiger partial charge in [-0.15, -0.1) is 0 Å². The van der Waals surface area contributed by atoms with Crippen LogP contribution in [0.4, 0.5) is 0 Å². The van der Waals surface area contributed by atoms with E-state index in [0.717, 1.165) is 53.3 Å². The highest BCUT2D eigenvalue weighted by atomic mass is 127. The van der Waals surface area contributed by atoms with Crippen LogP contribution in [0.2, 0.25) is 0 Å². The first kappa shape index (κ1) is 21.2. The number of carbonyl (C=O) groups is 1. The number of hydrogen-bond donors (Lipinski definition) is 0. The summed E-state index contributed by atoms with van der Waals surface area (Å²) < 4.78 is 1.95. The molecule has 2 nitrogen and oxygen atoms in total. The molecule has 2 aromatic carbocycles. The van der Waals surface area contributed by atoms with Crippen molar-refractivity contribution in [2.24, 2.45) is 5.41 Å². The first-order valence-corrected chi connectivity index (χ1v) is 12.7. The standard InChI is InChI=1S/C23H27I2NO/c1-2-10-23(11-12-26(17-23)16-18-6-4-3-5-7-18)22(27)19-8-9-20(14-24)21(13-19)15-25/h3-9,13H,2,10-12,14-17H2,1H3/t23-/m0/s1. The first-order valence-electron chi connectivity index (χ1n) is 9.66. The van der Waals surface area contributed by atoms with Gasteiger partial charge >= 0.3 is 0 Å². The maximum Gasteiger partial charge on any atom is 0.170 e. The minimum atomic E-state index is -0.224. The van der Waals surface area contributed by atoms with Crippen molar-refractivity contribution in [2.45, 2.75) is 41.6 Å². The van der Waals surface area contributed by atoms with Gasteiger partial charge in [0.1, 0.15) is 0 Å². The third kappa shape index (κ3) is 4.93. The van der Waals surface area contributed by atoms with Gasteiger partial charge in [0.15, 0.2) is 5.78 Å². The summed E-state index contributed by atoms with van der Waals surface area (Å²) >= 11 is 4.81. The van der Waals surface area contributed by atoms with Gasteiger partial charge in [0.2, 0.25) is 0 Å². The van der Waals surface area contributed by atoms with Gasteiger partial charge in [-0.05, 0) is 42.1 Å². The van der Waals surface area contributed by atoms with E-state index in [1.54, 1.807) is 0 Å². The van der Waals surface area contributed by atoms with Crippen LogP contribution in [0.15, 0.2) is 48.5 Å². The number of benzene rings is 2. The number of likely N-dealkylation sites (tertiary alicyclic amines) is 1. The van der Waals surface area contributed by atoms with Gasteiger partial charge in [-0.2, -0.15) is 0 Å². The fourth-order valence-corrected chi connectivity index (χ4v) is 5.70. The molecule has 4 heteroatoms. The molecule has 1 atom stereocenters. The summed E-state index contributed by atoms with van der Waals surface area (Å²) in [4.78, 5) is 16.1. The molecule has 0 aliphatic carbocycles. The molecule has 1 fully saturated rings. The fourth-order valence-electron chi connectivity index (χ4n) is 4.24. The molecule has 0 aromatic heterocycles. The molecule has 1 aliphatic rings. The number of Topliss-reactive ketones (excluding diaryl/α,β-unsaturated/α-hetero) is 1. The number of nitrogens with zero attached hydrogens (tertiary/aromatic N) is 1. The highest BCUT2D eigenvalue weighted by Crippen LogP contribution is 2.39. The van der Waals surface area contributed by atoms with Crippen molar-refractivity contribution < 1.29 is 4.79 Å². The van der Waals surface area contributed by atoms with Crippen LogP contribution < -0.4 is 0 Å². The van der Waals surface area contributed by atoms with Crippen molar-refractivity contribution in [3.63, 3.8) is 0 Å². The molecule has 0 amide bonds. The second-order valence-electron chi connectivity index (χ2n) is 7.56. The third-order valence-electron chi connectivity index (χ3n) is 5.65. The fraction of sp³-hybridized carbons (Fsp3) is 0.435. The van der Waals surface area contributed by atoms with Gasteiger partial charge in [0.25, 0.3) is 0 Å². The van der Waals surface area contributed by atoms with E-state index >= 15 is 0 Å². The van der Waals surface area contributed by atoms with Crippen molar-refractivity contribution >= 4 is 51.0 Å². The van der Waals surface area contributed by atoms with Crippen LogP contribution in [0.5, 0.6) is 0 Å². The molecular weight excluding hydrogens is 560 g/mol. The molecule has 1 heterocycles. The summed E-state index contributed by atoms with van der Waals surface area (Å²) in [7, 11) is 0. The summed E-state index contributed by atoms with van der Waals surface area (Å²) in [5.41, 5.74) is 4.67. The molecule has 0 spiro atoms. The lowest BCUT2D eigenvalue weighted by Crippen LogP contribution is -2.35. The Morgan fingerprint density at radius 1 is 1.07 bits per heavy atom. The average Bonchev–Trinajstić information content (AvgIpc) is 3.11.